The maximum Gasteiger partial charge on any atom is 0.323 e. The predicted molar refractivity (Wildman–Crippen MR) is 77.2 cm³/mol. The van der Waals surface area contributed by atoms with Gasteiger partial charge in [0.25, 0.3) is 0 Å². The van der Waals surface area contributed by atoms with Crippen LogP contribution in [0.4, 0.5) is 0 Å². The quantitative estimate of drug-likeness (QED) is 0.605. The standard InChI is InChI=1S/C15H21NO5/c1-4-19-14-9-11(6-7-13(14)21-10(3)17)8-12(16)15(18)20-5-2/h6-7,9,12H,4-5,8,16H2,1-3H3. The molecule has 1 aromatic carbocycles. The first kappa shape index (κ1) is 17.0. The van der Waals surface area contributed by atoms with E-state index in [0.29, 0.717) is 31.1 Å². The highest BCUT2D eigenvalue weighted by Crippen LogP contribution is 2.29. The Balaban J connectivity index is 2.86. The fourth-order valence-electron chi connectivity index (χ4n) is 1.77. The Hall–Kier alpha value is -2.08. The van der Waals surface area contributed by atoms with E-state index >= 15 is 0 Å². The van der Waals surface area contributed by atoms with E-state index in [9.17, 15) is 9.59 Å². The maximum atomic E-state index is 11.5. The lowest BCUT2D eigenvalue weighted by atomic mass is 10.1. The molecule has 2 N–H and O–H groups in total. The van der Waals surface area contributed by atoms with Crippen LogP contribution in [0.15, 0.2) is 18.2 Å². The SMILES string of the molecule is CCOC(=O)C(N)Cc1ccc(OC(C)=O)c(OCC)c1. The zero-order valence-electron chi connectivity index (χ0n) is 12.5. The Morgan fingerprint density at radius 2 is 1.90 bits per heavy atom. The molecule has 1 atom stereocenters. The number of carbonyl (C=O) groups excluding carboxylic acids is 2. The first-order valence-electron chi connectivity index (χ1n) is 6.84. The van der Waals surface area contributed by atoms with Crippen LogP contribution in [0.3, 0.4) is 0 Å². The molecule has 1 rings (SSSR count). The summed E-state index contributed by atoms with van der Waals surface area (Å²) in [4.78, 5) is 22.6. The molecule has 6 heteroatoms. The number of hydrogen-bond acceptors (Lipinski definition) is 6. The van der Waals surface area contributed by atoms with Gasteiger partial charge in [-0.05, 0) is 38.0 Å². The second-order valence-corrected chi connectivity index (χ2v) is 4.37. The number of esters is 2. The Morgan fingerprint density at radius 3 is 2.48 bits per heavy atom. The summed E-state index contributed by atoms with van der Waals surface area (Å²) in [6.45, 7) is 5.60. The van der Waals surface area contributed by atoms with E-state index in [0.717, 1.165) is 5.56 Å². The van der Waals surface area contributed by atoms with Crippen LogP contribution in [0.5, 0.6) is 11.5 Å². The highest BCUT2D eigenvalue weighted by Gasteiger charge is 2.17. The second-order valence-electron chi connectivity index (χ2n) is 4.37. The average molecular weight is 295 g/mol. The van der Waals surface area contributed by atoms with Crippen LogP contribution in [-0.4, -0.2) is 31.2 Å². The molecule has 0 aliphatic carbocycles. The Labute approximate surface area is 124 Å². The largest absolute Gasteiger partial charge is 0.490 e. The van der Waals surface area contributed by atoms with Crippen molar-refractivity contribution in [2.75, 3.05) is 13.2 Å². The van der Waals surface area contributed by atoms with Gasteiger partial charge in [0, 0.05) is 6.92 Å². The van der Waals surface area contributed by atoms with Crippen molar-refractivity contribution < 1.29 is 23.8 Å². The van der Waals surface area contributed by atoms with Crippen molar-refractivity contribution in [2.45, 2.75) is 33.2 Å². The minimum Gasteiger partial charge on any atom is -0.490 e. The molecule has 0 radical (unpaired) electrons. The molecule has 21 heavy (non-hydrogen) atoms. The highest BCUT2D eigenvalue weighted by atomic mass is 16.6. The van der Waals surface area contributed by atoms with Gasteiger partial charge in [-0.2, -0.15) is 0 Å². The van der Waals surface area contributed by atoms with Gasteiger partial charge >= 0.3 is 11.9 Å². The van der Waals surface area contributed by atoms with Crippen molar-refractivity contribution in [3.05, 3.63) is 23.8 Å². The number of hydrogen-bond donors (Lipinski definition) is 1. The Kier molecular flexibility index (Phi) is 6.68. The van der Waals surface area contributed by atoms with Crippen LogP contribution in [0, 0.1) is 0 Å². The van der Waals surface area contributed by atoms with Gasteiger partial charge in [0.15, 0.2) is 11.5 Å². The topological polar surface area (TPSA) is 87.9 Å². The van der Waals surface area contributed by atoms with Gasteiger partial charge in [-0.3, -0.25) is 9.59 Å². The average Bonchev–Trinajstić information content (AvgIpc) is 2.41. The van der Waals surface area contributed by atoms with Crippen molar-refractivity contribution in [1.82, 2.24) is 0 Å². The number of carbonyl (C=O) groups is 2. The molecule has 0 heterocycles. The molecular weight excluding hydrogens is 274 g/mol. The summed E-state index contributed by atoms with van der Waals surface area (Å²) in [6.07, 6.45) is 0.319. The van der Waals surface area contributed by atoms with E-state index in [4.69, 9.17) is 19.9 Å². The molecule has 0 aliphatic heterocycles. The minimum absolute atomic E-state index is 0.294. The summed E-state index contributed by atoms with van der Waals surface area (Å²) in [7, 11) is 0. The highest BCUT2D eigenvalue weighted by molar-refractivity contribution is 5.76. The van der Waals surface area contributed by atoms with E-state index in [1.54, 1.807) is 25.1 Å². The van der Waals surface area contributed by atoms with E-state index in [-0.39, 0.29) is 0 Å². The molecule has 0 aliphatic rings. The van der Waals surface area contributed by atoms with Crippen LogP contribution < -0.4 is 15.2 Å². The van der Waals surface area contributed by atoms with Gasteiger partial charge in [0.2, 0.25) is 0 Å². The van der Waals surface area contributed by atoms with E-state index in [1.165, 1.54) is 6.92 Å². The van der Waals surface area contributed by atoms with E-state index in [1.807, 2.05) is 6.92 Å². The van der Waals surface area contributed by atoms with Crippen LogP contribution in [0.25, 0.3) is 0 Å². The third-order valence-corrected chi connectivity index (χ3v) is 2.61. The third kappa shape index (κ3) is 5.43. The van der Waals surface area contributed by atoms with Crippen LogP contribution >= 0.6 is 0 Å². The summed E-state index contributed by atoms with van der Waals surface area (Å²) < 4.78 is 15.4. The lowest BCUT2D eigenvalue weighted by molar-refractivity contribution is -0.144. The molecule has 1 unspecified atom stereocenters. The summed E-state index contributed by atoms with van der Waals surface area (Å²) in [6, 6.07) is 4.33. The van der Waals surface area contributed by atoms with Crippen molar-refractivity contribution in [3.63, 3.8) is 0 Å². The molecule has 1 aromatic rings. The zero-order chi connectivity index (χ0) is 15.8. The summed E-state index contributed by atoms with van der Waals surface area (Å²) in [5.74, 6) is -0.0782. The van der Waals surface area contributed by atoms with Gasteiger partial charge in [-0.25, -0.2) is 0 Å². The molecule has 0 saturated heterocycles. The minimum atomic E-state index is -0.737. The van der Waals surface area contributed by atoms with Crippen LogP contribution in [-0.2, 0) is 20.7 Å². The lowest BCUT2D eigenvalue weighted by Crippen LogP contribution is -2.34. The van der Waals surface area contributed by atoms with Crippen molar-refractivity contribution >= 4 is 11.9 Å². The number of nitrogens with two attached hydrogens (primary N) is 1. The van der Waals surface area contributed by atoms with E-state index in [2.05, 4.69) is 0 Å². The molecule has 0 aromatic heterocycles. The van der Waals surface area contributed by atoms with Crippen molar-refractivity contribution in [3.8, 4) is 11.5 Å². The third-order valence-electron chi connectivity index (χ3n) is 2.61. The van der Waals surface area contributed by atoms with Crippen LogP contribution in [0.2, 0.25) is 0 Å². The molecular formula is C15H21NO5. The van der Waals surface area contributed by atoms with Gasteiger partial charge in [-0.15, -0.1) is 0 Å². The zero-order valence-corrected chi connectivity index (χ0v) is 12.5. The molecule has 6 nitrogen and oxygen atoms in total. The molecule has 0 bridgehead atoms. The molecule has 116 valence electrons. The number of benzene rings is 1. The summed E-state index contributed by atoms with van der Waals surface area (Å²) in [5, 5.41) is 0. The second kappa shape index (κ2) is 8.26. The van der Waals surface area contributed by atoms with Crippen molar-refractivity contribution in [1.29, 1.82) is 0 Å². The first-order chi connectivity index (χ1) is 9.97. The Bertz CT molecular complexity index is 501. The van der Waals surface area contributed by atoms with E-state index < -0.39 is 18.0 Å². The first-order valence-corrected chi connectivity index (χ1v) is 6.84. The predicted octanol–water partition coefficient (Wildman–Crippen LogP) is 1.44. The summed E-state index contributed by atoms with van der Waals surface area (Å²) >= 11 is 0. The fourth-order valence-corrected chi connectivity index (χ4v) is 1.77. The Morgan fingerprint density at radius 1 is 1.19 bits per heavy atom. The van der Waals surface area contributed by atoms with Gasteiger partial charge in [0.05, 0.1) is 13.2 Å². The van der Waals surface area contributed by atoms with Crippen molar-refractivity contribution in [2.24, 2.45) is 5.73 Å². The number of rotatable bonds is 7. The number of ether oxygens (including phenoxy) is 3. The smallest absolute Gasteiger partial charge is 0.323 e. The lowest BCUT2D eigenvalue weighted by Gasteiger charge is -2.14. The molecule has 0 amide bonds. The molecule has 0 saturated carbocycles. The van der Waals surface area contributed by atoms with Gasteiger partial charge in [-0.1, -0.05) is 6.07 Å². The normalized spacial score (nSPS) is 11.6. The van der Waals surface area contributed by atoms with Gasteiger partial charge in [0.1, 0.15) is 6.04 Å². The van der Waals surface area contributed by atoms with Crippen LogP contribution in [0.1, 0.15) is 26.3 Å². The van der Waals surface area contributed by atoms with Gasteiger partial charge < -0.3 is 19.9 Å². The monoisotopic (exact) mass is 295 g/mol. The fraction of sp³-hybridized carbons (Fsp3) is 0.467. The maximum absolute atomic E-state index is 11.5. The molecule has 0 fully saturated rings. The summed E-state index contributed by atoms with van der Waals surface area (Å²) in [5.41, 5.74) is 6.58. The molecule has 0 spiro atoms.